The minimum absolute atomic E-state index is 0.0358. The molecule has 0 aromatic heterocycles. The van der Waals surface area contributed by atoms with Gasteiger partial charge < -0.3 is 14.4 Å². The maximum absolute atomic E-state index is 13.8. The maximum Gasteiger partial charge on any atom is 0.330 e. The van der Waals surface area contributed by atoms with E-state index in [0.29, 0.717) is 24.2 Å². The number of methoxy groups -OCH3 is 1. The summed E-state index contributed by atoms with van der Waals surface area (Å²) in [6.45, 7) is -0.0543. The lowest BCUT2D eigenvalue weighted by molar-refractivity contribution is -0.155. The molecule has 0 unspecified atom stereocenters. The Kier molecular flexibility index (Phi) is 5.02. The van der Waals surface area contributed by atoms with Gasteiger partial charge in [-0.25, -0.2) is 9.18 Å². The van der Waals surface area contributed by atoms with E-state index in [1.165, 1.54) is 19.2 Å². The lowest BCUT2D eigenvalue weighted by Crippen LogP contribution is -2.46. The Morgan fingerprint density at radius 3 is 2.79 bits per heavy atom. The zero-order chi connectivity index (χ0) is 19.7. The zero-order valence-electron chi connectivity index (χ0n) is 15.4. The monoisotopic (exact) mass is 401 g/mol. The number of rotatable bonds is 5. The molecule has 0 N–H and O–H groups in total. The van der Waals surface area contributed by atoms with Crippen molar-refractivity contribution < 1.29 is 23.5 Å². The van der Waals surface area contributed by atoms with Crippen molar-refractivity contribution >= 4 is 23.6 Å². The second-order valence-corrected chi connectivity index (χ2v) is 8.11. The van der Waals surface area contributed by atoms with Gasteiger partial charge in [0.2, 0.25) is 5.91 Å². The number of hydrogen-bond donors (Lipinski definition) is 0. The van der Waals surface area contributed by atoms with E-state index in [2.05, 4.69) is 0 Å². The molecular weight excluding hydrogens is 381 g/mol. The Bertz CT molecular complexity index is 907. The first kappa shape index (κ1) is 18.8. The molecule has 2 atom stereocenters. The third kappa shape index (κ3) is 3.13. The molecule has 0 aliphatic carbocycles. The minimum atomic E-state index is -0.636. The second kappa shape index (κ2) is 7.47. The molecular formula is C21H20FNO4S. The van der Waals surface area contributed by atoms with Gasteiger partial charge in [-0.2, -0.15) is 0 Å². The molecule has 0 bridgehead atoms. The quantitative estimate of drug-likeness (QED) is 0.718. The topological polar surface area (TPSA) is 55.8 Å². The molecule has 0 spiro atoms. The SMILES string of the molecule is COc1ccc(COC(=O)[C@H]2CS[C@@]3(c4ccccc4)CCC(=O)N23)cc1F. The summed E-state index contributed by atoms with van der Waals surface area (Å²) >= 11 is 1.61. The van der Waals surface area contributed by atoms with Crippen LogP contribution >= 0.6 is 11.8 Å². The molecule has 2 fully saturated rings. The highest BCUT2D eigenvalue weighted by molar-refractivity contribution is 8.00. The lowest BCUT2D eigenvalue weighted by atomic mass is 10.0. The molecule has 0 saturated carbocycles. The fourth-order valence-electron chi connectivity index (χ4n) is 3.87. The second-order valence-electron chi connectivity index (χ2n) is 6.82. The van der Waals surface area contributed by atoms with Gasteiger partial charge in [-0.15, -0.1) is 11.8 Å². The standard InChI is InChI=1S/C21H20FNO4S/c1-26-18-8-7-14(11-16(18)22)12-27-20(25)17-13-28-21(10-9-19(24)23(17)21)15-5-3-2-4-6-15/h2-8,11,17H,9-10,12-13H2,1H3/t17-,21-/m1/s1. The first-order chi connectivity index (χ1) is 13.5. The third-order valence-electron chi connectivity index (χ3n) is 5.22. The maximum atomic E-state index is 13.8. The first-order valence-corrected chi connectivity index (χ1v) is 10.0. The number of ether oxygens (including phenoxy) is 2. The summed E-state index contributed by atoms with van der Waals surface area (Å²) in [5.74, 6) is -0.387. The van der Waals surface area contributed by atoms with Gasteiger partial charge in [-0.05, 0) is 29.7 Å². The fourth-order valence-corrected chi connectivity index (χ4v) is 5.50. The summed E-state index contributed by atoms with van der Waals surface area (Å²) in [5.41, 5.74) is 1.55. The normalized spacial score (nSPS) is 23.6. The molecule has 1 amide bonds. The summed E-state index contributed by atoms with van der Waals surface area (Å²) in [7, 11) is 1.39. The number of thioether (sulfide) groups is 1. The Hall–Kier alpha value is -2.54. The van der Waals surface area contributed by atoms with Crippen LogP contribution in [0.5, 0.6) is 5.75 Å². The molecule has 2 saturated heterocycles. The number of esters is 1. The van der Waals surface area contributed by atoms with Crippen LogP contribution in [0, 0.1) is 5.82 Å². The molecule has 28 heavy (non-hydrogen) atoms. The van der Waals surface area contributed by atoms with Gasteiger partial charge in [0, 0.05) is 12.2 Å². The van der Waals surface area contributed by atoms with Gasteiger partial charge in [-0.3, -0.25) is 4.79 Å². The van der Waals surface area contributed by atoms with Gasteiger partial charge in [-0.1, -0.05) is 36.4 Å². The molecule has 5 nitrogen and oxygen atoms in total. The van der Waals surface area contributed by atoms with Crippen LogP contribution in [0.4, 0.5) is 4.39 Å². The average molecular weight is 401 g/mol. The molecule has 4 rings (SSSR count). The Morgan fingerprint density at radius 2 is 2.07 bits per heavy atom. The van der Waals surface area contributed by atoms with Gasteiger partial charge in [0.05, 0.1) is 7.11 Å². The van der Waals surface area contributed by atoms with Crippen molar-refractivity contribution in [3.8, 4) is 5.75 Å². The summed E-state index contributed by atoms with van der Waals surface area (Å²) in [4.78, 5) is 26.5. The van der Waals surface area contributed by atoms with E-state index in [9.17, 15) is 14.0 Å². The van der Waals surface area contributed by atoms with Crippen molar-refractivity contribution in [1.29, 1.82) is 0 Å². The lowest BCUT2D eigenvalue weighted by Gasteiger charge is -2.33. The fraction of sp³-hybridized carbons (Fsp3) is 0.333. The average Bonchev–Trinajstić information content (AvgIpc) is 3.26. The molecule has 2 aromatic rings. The van der Waals surface area contributed by atoms with Crippen molar-refractivity contribution in [2.75, 3.05) is 12.9 Å². The van der Waals surface area contributed by atoms with Crippen molar-refractivity contribution in [2.24, 2.45) is 0 Å². The van der Waals surface area contributed by atoms with Crippen LogP contribution < -0.4 is 4.74 Å². The highest BCUT2D eigenvalue weighted by Crippen LogP contribution is 2.54. The van der Waals surface area contributed by atoms with Crippen LogP contribution in [0.25, 0.3) is 0 Å². The number of carbonyl (C=O) groups is 2. The van der Waals surface area contributed by atoms with E-state index in [0.717, 1.165) is 5.56 Å². The summed E-state index contributed by atoms with van der Waals surface area (Å²) in [6, 6.07) is 13.6. The van der Waals surface area contributed by atoms with Crippen LogP contribution in [-0.4, -0.2) is 35.7 Å². The predicted molar refractivity (Wildman–Crippen MR) is 103 cm³/mol. The number of hydrogen-bond acceptors (Lipinski definition) is 5. The smallest absolute Gasteiger partial charge is 0.330 e. The van der Waals surface area contributed by atoms with Crippen LogP contribution in [-0.2, 0) is 25.8 Å². The molecule has 0 radical (unpaired) electrons. The van der Waals surface area contributed by atoms with Gasteiger partial charge in [0.15, 0.2) is 11.6 Å². The molecule has 2 aliphatic rings. The van der Waals surface area contributed by atoms with Gasteiger partial charge in [0.25, 0.3) is 0 Å². The molecule has 2 heterocycles. The molecule has 7 heteroatoms. The van der Waals surface area contributed by atoms with E-state index < -0.39 is 22.7 Å². The van der Waals surface area contributed by atoms with Crippen LogP contribution in [0.3, 0.4) is 0 Å². The van der Waals surface area contributed by atoms with Gasteiger partial charge >= 0.3 is 5.97 Å². The van der Waals surface area contributed by atoms with Crippen molar-refractivity contribution in [1.82, 2.24) is 4.90 Å². The largest absolute Gasteiger partial charge is 0.494 e. The number of benzene rings is 2. The van der Waals surface area contributed by atoms with E-state index in [1.54, 1.807) is 22.7 Å². The number of fused-ring (bicyclic) bond motifs is 1. The van der Waals surface area contributed by atoms with Gasteiger partial charge in [0.1, 0.15) is 17.5 Å². The third-order valence-corrected chi connectivity index (χ3v) is 6.82. The van der Waals surface area contributed by atoms with Crippen LogP contribution in [0.2, 0.25) is 0 Å². The Morgan fingerprint density at radius 1 is 1.29 bits per heavy atom. The number of amides is 1. The van der Waals surface area contributed by atoms with Crippen molar-refractivity contribution in [3.63, 3.8) is 0 Å². The zero-order valence-corrected chi connectivity index (χ0v) is 16.2. The Labute approximate surface area is 166 Å². The first-order valence-electron chi connectivity index (χ1n) is 9.06. The molecule has 146 valence electrons. The highest BCUT2D eigenvalue weighted by Gasteiger charge is 2.57. The predicted octanol–water partition coefficient (Wildman–Crippen LogP) is 3.47. The van der Waals surface area contributed by atoms with E-state index in [-0.39, 0.29) is 18.3 Å². The van der Waals surface area contributed by atoms with E-state index >= 15 is 0 Å². The van der Waals surface area contributed by atoms with Crippen LogP contribution in [0.1, 0.15) is 24.0 Å². The number of carbonyl (C=O) groups excluding carboxylic acids is 2. The summed E-state index contributed by atoms with van der Waals surface area (Å²) < 4.78 is 24.1. The highest BCUT2D eigenvalue weighted by atomic mass is 32.2. The number of halogens is 1. The minimum Gasteiger partial charge on any atom is -0.494 e. The van der Waals surface area contributed by atoms with Crippen LogP contribution in [0.15, 0.2) is 48.5 Å². The molecule has 2 aromatic carbocycles. The van der Waals surface area contributed by atoms with Crippen molar-refractivity contribution in [3.05, 3.63) is 65.5 Å². The van der Waals surface area contributed by atoms with E-state index in [4.69, 9.17) is 9.47 Å². The molecule has 2 aliphatic heterocycles. The number of nitrogens with zero attached hydrogens (tertiary/aromatic N) is 1. The van der Waals surface area contributed by atoms with E-state index in [1.807, 2.05) is 30.3 Å². The Balaban J connectivity index is 1.49. The summed E-state index contributed by atoms with van der Waals surface area (Å²) in [6.07, 6.45) is 1.09. The summed E-state index contributed by atoms with van der Waals surface area (Å²) in [5, 5.41) is 0. The van der Waals surface area contributed by atoms with Crippen molar-refractivity contribution in [2.45, 2.75) is 30.4 Å².